The van der Waals surface area contributed by atoms with Gasteiger partial charge in [0.2, 0.25) is 5.89 Å². The molecule has 0 saturated heterocycles. The standard InChI is InChI=1S/C26H20N2O4/c1-30-20-10-11-21(24(15-20)31-2)25(29)27-19-9-12-23-22(14-19)28-26(32-23)18-8-7-16-5-3-4-6-17(16)13-18/h3-15H,1-2H3,(H,27,29). The Hall–Kier alpha value is -4.32. The zero-order valence-electron chi connectivity index (χ0n) is 17.6. The van der Waals surface area contributed by atoms with Crippen LogP contribution in [0, 0.1) is 0 Å². The Kier molecular flexibility index (Phi) is 4.95. The smallest absolute Gasteiger partial charge is 0.259 e. The van der Waals surface area contributed by atoms with Crippen molar-refractivity contribution in [2.45, 2.75) is 0 Å². The van der Waals surface area contributed by atoms with E-state index in [2.05, 4.69) is 28.5 Å². The maximum absolute atomic E-state index is 12.8. The zero-order chi connectivity index (χ0) is 22.1. The number of nitrogens with zero attached hydrogens (tertiary/aromatic N) is 1. The van der Waals surface area contributed by atoms with Crippen molar-refractivity contribution >= 4 is 33.5 Å². The number of aromatic nitrogens is 1. The summed E-state index contributed by atoms with van der Waals surface area (Å²) in [6, 6.07) is 24.7. The minimum atomic E-state index is -0.290. The molecule has 1 aromatic heterocycles. The molecule has 5 rings (SSSR count). The fourth-order valence-electron chi connectivity index (χ4n) is 3.64. The average Bonchev–Trinajstić information content (AvgIpc) is 3.26. The molecule has 0 aliphatic carbocycles. The van der Waals surface area contributed by atoms with Crippen molar-refractivity contribution in [1.29, 1.82) is 0 Å². The Balaban J connectivity index is 1.43. The fourth-order valence-corrected chi connectivity index (χ4v) is 3.64. The molecule has 1 N–H and O–H groups in total. The molecule has 0 atom stereocenters. The lowest BCUT2D eigenvalue weighted by molar-refractivity contribution is 0.102. The van der Waals surface area contributed by atoms with Crippen molar-refractivity contribution in [3.8, 4) is 23.0 Å². The molecule has 6 heteroatoms. The normalized spacial score (nSPS) is 10.9. The molecule has 1 amide bonds. The number of benzene rings is 4. The van der Waals surface area contributed by atoms with Gasteiger partial charge in [0.15, 0.2) is 5.58 Å². The van der Waals surface area contributed by atoms with Crippen molar-refractivity contribution in [2.75, 3.05) is 19.5 Å². The number of methoxy groups -OCH3 is 2. The molecule has 0 bridgehead atoms. The van der Waals surface area contributed by atoms with Gasteiger partial charge in [0, 0.05) is 17.3 Å². The summed E-state index contributed by atoms with van der Waals surface area (Å²) in [7, 11) is 3.08. The van der Waals surface area contributed by atoms with Gasteiger partial charge in [-0.1, -0.05) is 30.3 Å². The number of hydrogen-bond acceptors (Lipinski definition) is 5. The average molecular weight is 424 g/mol. The van der Waals surface area contributed by atoms with Crippen LogP contribution in [0.15, 0.2) is 83.3 Å². The van der Waals surface area contributed by atoms with Gasteiger partial charge in [0.1, 0.15) is 17.0 Å². The van der Waals surface area contributed by atoms with Crippen LogP contribution in [-0.2, 0) is 0 Å². The molecule has 0 spiro atoms. The third-order valence-electron chi connectivity index (χ3n) is 5.30. The largest absolute Gasteiger partial charge is 0.497 e. The fraction of sp³-hybridized carbons (Fsp3) is 0.0769. The van der Waals surface area contributed by atoms with Gasteiger partial charge in [0.25, 0.3) is 5.91 Å². The van der Waals surface area contributed by atoms with E-state index in [4.69, 9.17) is 13.9 Å². The van der Waals surface area contributed by atoms with E-state index < -0.39 is 0 Å². The van der Waals surface area contributed by atoms with E-state index in [-0.39, 0.29) is 5.91 Å². The number of hydrogen-bond donors (Lipinski definition) is 1. The molecule has 0 radical (unpaired) electrons. The Labute approximate surface area is 184 Å². The lowest BCUT2D eigenvalue weighted by atomic mass is 10.1. The lowest BCUT2D eigenvalue weighted by Gasteiger charge is -2.10. The summed E-state index contributed by atoms with van der Waals surface area (Å²) in [4.78, 5) is 17.4. The van der Waals surface area contributed by atoms with Crippen LogP contribution in [0.2, 0.25) is 0 Å². The highest BCUT2D eigenvalue weighted by Gasteiger charge is 2.15. The maximum atomic E-state index is 12.8. The monoisotopic (exact) mass is 424 g/mol. The maximum Gasteiger partial charge on any atom is 0.259 e. The highest BCUT2D eigenvalue weighted by molar-refractivity contribution is 6.07. The zero-order valence-corrected chi connectivity index (χ0v) is 17.6. The van der Waals surface area contributed by atoms with E-state index in [1.165, 1.54) is 7.11 Å². The Morgan fingerprint density at radius 1 is 0.875 bits per heavy atom. The Bertz CT molecular complexity index is 1460. The summed E-state index contributed by atoms with van der Waals surface area (Å²) >= 11 is 0. The first kappa shape index (κ1) is 19.6. The highest BCUT2D eigenvalue weighted by atomic mass is 16.5. The van der Waals surface area contributed by atoms with Crippen molar-refractivity contribution in [2.24, 2.45) is 0 Å². The molecular weight excluding hydrogens is 404 g/mol. The summed E-state index contributed by atoms with van der Waals surface area (Å²) < 4.78 is 16.5. The van der Waals surface area contributed by atoms with Crippen molar-refractivity contribution in [3.05, 3.63) is 84.4 Å². The Morgan fingerprint density at radius 2 is 1.72 bits per heavy atom. The van der Waals surface area contributed by atoms with E-state index in [0.717, 1.165) is 16.3 Å². The molecule has 0 unspecified atom stereocenters. The summed E-state index contributed by atoms with van der Waals surface area (Å²) in [5, 5.41) is 5.17. The second-order valence-electron chi connectivity index (χ2n) is 7.28. The SMILES string of the molecule is COc1ccc(C(=O)Nc2ccc3oc(-c4ccc5ccccc5c4)nc3c2)c(OC)c1. The molecule has 32 heavy (non-hydrogen) atoms. The molecule has 6 nitrogen and oxygen atoms in total. The molecule has 0 aliphatic rings. The molecule has 4 aromatic carbocycles. The van der Waals surface area contributed by atoms with E-state index in [0.29, 0.717) is 39.7 Å². The van der Waals surface area contributed by atoms with Crippen LogP contribution in [0.1, 0.15) is 10.4 Å². The van der Waals surface area contributed by atoms with E-state index in [1.54, 1.807) is 43.5 Å². The molecule has 0 aliphatic heterocycles. The van der Waals surface area contributed by atoms with Gasteiger partial charge >= 0.3 is 0 Å². The van der Waals surface area contributed by atoms with Crippen LogP contribution in [-0.4, -0.2) is 25.1 Å². The number of fused-ring (bicyclic) bond motifs is 2. The summed E-state index contributed by atoms with van der Waals surface area (Å²) in [5.74, 6) is 1.29. The highest BCUT2D eigenvalue weighted by Crippen LogP contribution is 2.29. The number of amides is 1. The van der Waals surface area contributed by atoms with Crippen LogP contribution < -0.4 is 14.8 Å². The van der Waals surface area contributed by atoms with Crippen LogP contribution in [0.25, 0.3) is 33.3 Å². The third-order valence-corrected chi connectivity index (χ3v) is 5.30. The van der Waals surface area contributed by atoms with Crippen LogP contribution >= 0.6 is 0 Å². The van der Waals surface area contributed by atoms with Crippen LogP contribution in [0.4, 0.5) is 5.69 Å². The first-order valence-corrected chi connectivity index (χ1v) is 10.1. The first-order chi connectivity index (χ1) is 15.6. The van der Waals surface area contributed by atoms with Gasteiger partial charge < -0.3 is 19.2 Å². The first-order valence-electron chi connectivity index (χ1n) is 10.1. The van der Waals surface area contributed by atoms with Gasteiger partial charge in [-0.2, -0.15) is 0 Å². The molecular formula is C26H20N2O4. The number of anilines is 1. The van der Waals surface area contributed by atoms with Crippen molar-refractivity contribution in [3.63, 3.8) is 0 Å². The lowest BCUT2D eigenvalue weighted by Crippen LogP contribution is -2.13. The van der Waals surface area contributed by atoms with Crippen LogP contribution in [0.3, 0.4) is 0 Å². The second-order valence-corrected chi connectivity index (χ2v) is 7.28. The Morgan fingerprint density at radius 3 is 2.53 bits per heavy atom. The molecule has 5 aromatic rings. The summed E-state index contributed by atoms with van der Waals surface area (Å²) in [5.41, 5.74) is 3.22. The molecule has 158 valence electrons. The van der Waals surface area contributed by atoms with E-state index in [1.807, 2.05) is 24.3 Å². The van der Waals surface area contributed by atoms with Crippen molar-refractivity contribution < 1.29 is 18.7 Å². The third kappa shape index (κ3) is 3.63. The second kappa shape index (κ2) is 8.07. The predicted octanol–water partition coefficient (Wildman–Crippen LogP) is 5.92. The van der Waals surface area contributed by atoms with Gasteiger partial charge in [-0.15, -0.1) is 0 Å². The predicted molar refractivity (Wildman–Crippen MR) is 124 cm³/mol. The molecule has 0 fully saturated rings. The molecule has 1 heterocycles. The van der Waals surface area contributed by atoms with Gasteiger partial charge in [-0.05, 0) is 53.2 Å². The quantitative estimate of drug-likeness (QED) is 0.379. The minimum Gasteiger partial charge on any atom is -0.497 e. The van der Waals surface area contributed by atoms with E-state index in [9.17, 15) is 4.79 Å². The number of carbonyl (C=O) groups is 1. The van der Waals surface area contributed by atoms with Gasteiger partial charge in [0.05, 0.1) is 19.8 Å². The minimum absolute atomic E-state index is 0.290. The number of ether oxygens (including phenoxy) is 2. The number of nitrogens with one attached hydrogen (secondary N) is 1. The summed E-state index contributed by atoms with van der Waals surface area (Å²) in [6.07, 6.45) is 0. The number of carbonyl (C=O) groups excluding carboxylic acids is 1. The van der Waals surface area contributed by atoms with Gasteiger partial charge in [-0.3, -0.25) is 4.79 Å². The summed E-state index contributed by atoms with van der Waals surface area (Å²) in [6.45, 7) is 0. The van der Waals surface area contributed by atoms with E-state index >= 15 is 0 Å². The topological polar surface area (TPSA) is 73.6 Å². The van der Waals surface area contributed by atoms with Crippen LogP contribution in [0.5, 0.6) is 11.5 Å². The molecule has 0 saturated carbocycles. The number of oxazole rings is 1. The van der Waals surface area contributed by atoms with Gasteiger partial charge in [-0.25, -0.2) is 4.98 Å². The van der Waals surface area contributed by atoms with Crippen molar-refractivity contribution in [1.82, 2.24) is 4.98 Å². The number of rotatable bonds is 5.